The molecule has 0 spiro atoms. The molecule has 8 nitrogen and oxygen atoms in total. The van der Waals surface area contributed by atoms with Crippen molar-refractivity contribution in [1.82, 2.24) is 19.7 Å². The van der Waals surface area contributed by atoms with Gasteiger partial charge < -0.3 is 24.8 Å². The molecule has 0 saturated carbocycles. The van der Waals surface area contributed by atoms with Crippen LogP contribution in [-0.2, 0) is 29.6 Å². The number of carbonyl (C=O) groups excluding carboxylic acids is 3. The summed E-state index contributed by atoms with van der Waals surface area (Å²) in [6, 6.07) is 20.8. The Morgan fingerprint density at radius 2 is 1.68 bits per heavy atom. The van der Waals surface area contributed by atoms with Gasteiger partial charge in [0.25, 0.3) is 5.91 Å². The first-order valence-corrected chi connectivity index (χ1v) is 13.6. The minimum atomic E-state index is -0.964. The van der Waals surface area contributed by atoms with E-state index in [0.29, 0.717) is 17.7 Å². The second kappa shape index (κ2) is 11.9. The number of β-amino-alcohol motifs (C(OH)–C–C–N with tert-alkyl or cyclic N) is 1. The lowest BCUT2D eigenvalue weighted by molar-refractivity contribution is -0.136. The molecule has 0 bridgehead atoms. The molecule has 0 aliphatic carbocycles. The van der Waals surface area contributed by atoms with E-state index in [4.69, 9.17) is 0 Å². The number of aliphatic hydroxyl groups excluding tert-OH is 1. The number of amides is 3. The molecule has 1 aliphatic heterocycles. The molecule has 1 aliphatic rings. The first-order chi connectivity index (χ1) is 19.7. The second-order valence-electron chi connectivity index (χ2n) is 10.6. The molecule has 3 amide bonds. The van der Waals surface area contributed by atoms with Crippen molar-refractivity contribution < 1.29 is 23.9 Å². The van der Waals surface area contributed by atoms with Gasteiger partial charge in [-0.3, -0.25) is 14.4 Å². The summed E-state index contributed by atoms with van der Waals surface area (Å²) in [6.45, 7) is 0.341. The van der Waals surface area contributed by atoms with Gasteiger partial charge in [-0.05, 0) is 29.3 Å². The van der Waals surface area contributed by atoms with Crippen LogP contribution in [0.25, 0.3) is 10.9 Å². The number of likely N-dealkylation sites (N-methyl/N-ethyl adjacent to an activating group) is 1. The Balaban J connectivity index is 1.38. The van der Waals surface area contributed by atoms with Crippen molar-refractivity contribution in [3.8, 4) is 0 Å². The maximum Gasteiger partial charge on any atom is 0.256 e. The van der Waals surface area contributed by atoms with Gasteiger partial charge in [0.05, 0.1) is 11.7 Å². The van der Waals surface area contributed by atoms with Crippen molar-refractivity contribution in [3.63, 3.8) is 0 Å². The lowest BCUT2D eigenvalue weighted by Crippen LogP contribution is -2.54. The van der Waals surface area contributed by atoms with Crippen molar-refractivity contribution in [2.45, 2.75) is 37.6 Å². The molecule has 2 N–H and O–H groups in total. The first-order valence-electron chi connectivity index (χ1n) is 13.6. The van der Waals surface area contributed by atoms with E-state index in [1.165, 1.54) is 21.9 Å². The van der Waals surface area contributed by atoms with E-state index in [2.05, 4.69) is 5.32 Å². The normalized spacial score (nSPS) is 17.4. The van der Waals surface area contributed by atoms with Crippen LogP contribution in [0.15, 0.2) is 85.1 Å². The molecule has 212 valence electrons. The van der Waals surface area contributed by atoms with Crippen molar-refractivity contribution in [1.29, 1.82) is 0 Å². The Morgan fingerprint density at radius 1 is 1.00 bits per heavy atom. The molecule has 1 saturated heterocycles. The number of nitrogens with one attached hydrogen (secondary N) is 1. The van der Waals surface area contributed by atoms with Crippen LogP contribution in [0, 0.1) is 5.82 Å². The van der Waals surface area contributed by atoms with Crippen LogP contribution < -0.4 is 5.32 Å². The summed E-state index contributed by atoms with van der Waals surface area (Å²) in [6.07, 6.45) is 1.04. The molecule has 1 fully saturated rings. The van der Waals surface area contributed by atoms with Crippen LogP contribution in [0.2, 0.25) is 0 Å². The predicted molar refractivity (Wildman–Crippen MR) is 153 cm³/mol. The summed E-state index contributed by atoms with van der Waals surface area (Å²) >= 11 is 0. The summed E-state index contributed by atoms with van der Waals surface area (Å²) in [5, 5.41) is 14.1. The van der Waals surface area contributed by atoms with E-state index in [1.54, 1.807) is 25.4 Å². The number of fused-ring (bicyclic) bond motifs is 1. The van der Waals surface area contributed by atoms with Crippen molar-refractivity contribution in [3.05, 3.63) is 108 Å². The Kier molecular flexibility index (Phi) is 8.16. The van der Waals surface area contributed by atoms with Gasteiger partial charge in [-0.15, -0.1) is 0 Å². The van der Waals surface area contributed by atoms with Gasteiger partial charge in [0, 0.05) is 57.1 Å². The molecule has 41 heavy (non-hydrogen) atoms. The molecular formula is C32H33FN4O4. The number of nitrogens with zero attached hydrogens (tertiary/aromatic N) is 3. The Hall–Kier alpha value is -4.50. The fourth-order valence-electron chi connectivity index (χ4n) is 5.48. The molecule has 4 aromatic rings. The average Bonchev–Trinajstić information content (AvgIpc) is 3.53. The minimum absolute atomic E-state index is 0.00459. The van der Waals surface area contributed by atoms with Crippen molar-refractivity contribution >= 4 is 28.6 Å². The van der Waals surface area contributed by atoms with Gasteiger partial charge in [-0.1, -0.05) is 60.7 Å². The monoisotopic (exact) mass is 556 g/mol. The summed E-state index contributed by atoms with van der Waals surface area (Å²) in [7, 11) is 3.51. The number of hydrogen-bond donors (Lipinski definition) is 2. The van der Waals surface area contributed by atoms with Crippen LogP contribution >= 0.6 is 0 Å². The number of aliphatic hydroxyl groups is 1. The van der Waals surface area contributed by atoms with E-state index in [-0.39, 0.29) is 31.2 Å². The van der Waals surface area contributed by atoms with Gasteiger partial charge in [0.15, 0.2) is 0 Å². The first kappa shape index (κ1) is 28.0. The molecule has 1 aromatic heterocycles. The minimum Gasteiger partial charge on any atom is -0.391 e. The van der Waals surface area contributed by atoms with Gasteiger partial charge in [0.2, 0.25) is 11.8 Å². The SMILES string of the molecule is CN(Cc1ccccc1)C(=O)[C@@H](Cc1ccc(F)cc1)NC(=O)C1C[C@@H](O)CN1C(=O)c1cn(C)c2ccccc12. The number of carbonyl (C=O) groups is 3. The molecule has 5 rings (SSSR count). The fourth-order valence-corrected chi connectivity index (χ4v) is 5.48. The van der Waals surface area contributed by atoms with Crippen LogP contribution in [0.1, 0.15) is 27.9 Å². The molecule has 9 heteroatoms. The van der Waals surface area contributed by atoms with Gasteiger partial charge in [-0.2, -0.15) is 0 Å². The number of para-hydroxylation sites is 1. The number of rotatable bonds is 8. The highest BCUT2D eigenvalue weighted by Gasteiger charge is 2.41. The zero-order valence-corrected chi connectivity index (χ0v) is 23.0. The smallest absolute Gasteiger partial charge is 0.256 e. The highest BCUT2D eigenvalue weighted by molar-refractivity contribution is 6.08. The summed E-state index contributed by atoms with van der Waals surface area (Å²) < 4.78 is 15.4. The van der Waals surface area contributed by atoms with E-state index in [9.17, 15) is 23.9 Å². The van der Waals surface area contributed by atoms with Gasteiger partial charge >= 0.3 is 0 Å². The highest BCUT2D eigenvalue weighted by atomic mass is 19.1. The van der Waals surface area contributed by atoms with E-state index in [1.807, 2.05) is 66.2 Å². The number of benzene rings is 3. The third-order valence-corrected chi connectivity index (χ3v) is 7.58. The van der Waals surface area contributed by atoms with E-state index in [0.717, 1.165) is 16.5 Å². The maximum absolute atomic E-state index is 13.7. The summed E-state index contributed by atoms with van der Waals surface area (Å²) in [5.74, 6) is -1.61. The molecule has 1 unspecified atom stereocenters. The largest absolute Gasteiger partial charge is 0.391 e. The number of likely N-dealkylation sites (tertiary alicyclic amines) is 1. The second-order valence-corrected chi connectivity index (χ2v) is 10.6. The Labute approximate surface area is 238 Å². The number of aromatic nitrogens is 1. The molecular weight excluding hydrogens is 523 g/mol. The summed E-state index contributed by atoms with van der Waals surface area (Å²) in [4.78, 5) is 43.9. The number of halogens is 1. The fraction of sp³-hybridized carbons (Fsp3) is 0.281. The number of aryl methyl sites for hydroxylation is 1. The molecule has 3 aromatic carbocycles. The third-order valence-electron chi connectivity index (χ3n) is 7.58. The van der Waals surface area contributed by atoms with Gasteiger partial charge in [-0.25, -0.2) is 4.39 Å². The van der Waals surface area contributed by atoms with Crippen LogP contribution in [0.3, 0.4) is 0 Å². The van der Waals surface area contributed by atoms with Crippen LogP contribution in [-0.4, -0.2) is 69.0 Å². The molecule has 0 radical (unpaired) electrons. The average molecular weight is 557 g/mol. The standard InChI is InChI=1S/C32H33FN4O4/c1-35-20-26(25-10-6-7-11-28(25)35)31(40)37-19-24(38)17-29(37)30(39)34-27(16-21-12-14-23(33)15-13-21)32(41)36(2)18-22-8-4-3-5-9-22/h3-15,20,24,27,29,38H,16-19H2,1-2H3,(H,34,39)/t24-,27-,29?/m1/s1. The lowest BCUT2D eigenvalue weighted by atomic mass is 10.0. The summed E-state index contributed by atoms with van der Waals surface area (Å²) in [5.41, 5.74) is 2.92. The maximum atomic E-state index is 13.7. The highest BCUT2D eigenvalue weighted by Crippen LogP contribution is 2.26. The van der Waals surface area contributed by atoms with E-state index >= 15 is 0 Å². The topological polar surface area (TPSA) is 94.9 Å². The molecule has 2 heterocycles. The van der Waals surface area contributed by atoms with Crippen molar-refractivity contribution in [2.75, 3.05) is 13.6 Å². The Morgan fingerprint density at radius 3 is 2.41 bits per heavy atom. The quantitative estimate of drug-likeness (QED) is 0.348. The number of hydrogen-bond acceptors (Lipinski definition) is 4. The third kappa shape index (κ3) is 6.15. The van der Waals surface area contributed by atoms with Crippen molar-refractivity contribution in [2.24, 2.45) is 7.05 Å². The predicted octanol–water partition coefficient (Wildman–Crippen LogP) is 3.28. The molecule has 3 atom stereocenters. The van der Waals surface area contributed by atoms with E-state index < -0.39 is 29.9 Å². The zero-order valence-electron chi connectivity index (χ0n) is 23.0. The van der Waals surface area contributed by atoms with Crippen LogP contribution in [0.5, 0.6) is 0 Å². The van der Waals surface area contributed by atoms with Crippen LogP contribution in [0.4, 0.5) is 4.39 Å². The van der Waals surface area contributed by atoms with Gasteiger partial charge in [0.1, 0.15) is 17.9 Å². The lowest BCUT2D eigenvalue weighted by Gasteiger charge is -2.28. The zero-order chi connectivity index (χ0) is 29.1. The Bertz CT molecular complexity index is 1550.